The lowest BCUT2D eigenvalue weighted by Crippen LogP contribution is -2.28. The first-order valence-electron chi connectivity index (χ1n) is 8.42. The minimum atomic E-state index is -0.256. The maximum atomic E-state index is 12.8. The molecule has 0 aliphatic carbocycles. The maximum absolute atomic E-state index is 12.8. The van der Waals surface area contributed by atoms with E-state index in [0.29, 0.717) is 11.4 Å². The van der Waals surface area contributed by atoms with Crippen LogP contribution in [0.25, 0.3) is 11.0 Å². The predicted octanol–water partition coefficient (Wildman–Crippen LogP) is 2.33. The normalized spacial score (nSPS) is 13.8. The molecule has 1 N–H and O–H groups in total. The summed E-state index contributed by atoms with van der Waals surface area (Å²) in [4.78, 5) is 17.4. The van der Waals surface area contributed by atoms with Crippen LogP contribution in [0.15, 0.2) is 18.6 Å². The Bertz CT molecular complexity index is 911. The molecule has 8 nitrogen and oxygen atoms in total. The summed E-state index contributed by atoms with van der Waals surface area (Å²) >= 11 is 0. The van der Waals surface area contributed by atoms with E-state index < -0.39 is 0 Å². The Hall–Kier alpha value is -2.77. The molecule has 0 aliphatic heterocycles. The van der Waals surface area contributed by atoms with Crippen LogP contribution in [-0.2, 0) is 7.05 Å². The molecule has 0 aliphatic rings. The van der Waals surface area contributed by atoms with Gasteiger partial charge in [-0.2, -0.15) is 5.10 Å². The van der Waals surface area contributed by atoms with Gasteiger partial charge in [-0.25, -0.2) is 9.67 Å². The van der Waals surface area contributed by atoms with Crippen LogP contribution in [0.5, 0.6) is 0 Å². The number of nitrogens with zero attached hydrogens (tertiary/aromatic N) is 6. The van der Waals surface area contributed by atoms with Gasteiger partial charge in [-0.05, 0) is 33.3 Å². The van der Waals surface area contributed by atoms with Crippen molar-refractivity contribution in [1.82, 2.24) is 34.8 Å². The van der Waals surface area contributed by atoms with Crippen molar-refractivity contribution in [2.24, 2.45) is 7.05 Å². The third-order valence-corrected chi connectivity index (χ3v) is 4.43. The largest absolute Gasteiger partial charge is 0.342 e. The van der Waals surface area contributed by atoms with Crippen LogP contribution in [0, 0.1) is 6.92 Å². The molecule has 3 aromatic rings. The van der Waals surface area contributed by atoms with Crippen molar-refractivity contribution in [2.75, 3.05) is 0 Å². The van der Waals surface area contributed by atoms with E-state index in [4.69, 9.17) is 0 Å². The first kappa shape index (κ1) is 17.1. The Balaban J connectivity index is 1.96. The zero-order valence-corrected chi connectivity index (χ0v) is 15.2. The van der Waals surface area contributed by atoms with Gasteiger partial charge in [0.2, 0.25) is 0 Å². The molecule has 0 spiro atoms. The first-order chi connectivity index (χ1) is 11.9. The van der Waals surface area contributed by atoms with Crippen LogP contribution in [0.4, 0.5) is 0 Å². The maximum Gasteiger partial charge on any atom is 0.252 e. The number of rotatable bonds is 5. The molecular formula is C17H23N7O. The molecule has 132 valence electrons. The van der Waals surface area contributed by atoms with Gasteiger partial charge in [0.25, 0.3) is 5.91 Å². The summed E-state index contributed by atoms with van der Waals surface area (Å²) in [5.74, 6) is 0.528. The van der Waals surface area contributed by atoms with Gasteiger partial charge < -0.3 is 9.88 Å². The van der Waals surface area contributed by atoms with Gasteiger partial charge in [-0.1, -0.05) is 6.92 Å². The van der Waals surface area contributed by atoms with Crippen molar-refractivity contribution in [2.45, 2.75) is 46.2 Å². The number of hydrogen-bond donors (Lipinski definition) is 1. The highest BCUT2D eigenvalue weighted by Gasteiger charge is 2.20. The Morgan fingerprint density at radius 2 is 2.12 bits per heavy atom. The molecule has 3 aromatic heterocycles. The third kappa shape index (κ3) is 3.11. The number of carbonyl (C=O) groups excluding carboxylic acids is 1. The molecular weight excluding hydrogens is 318 g/mol. The van der Waals surface area contributed by atoms with E-state index >= 15 is 0 Å². The zero-order valence-electron chi connectivity index (χ0n) is 15.2. The molecule has 8 heteroatoms. The third-order valence-electron chi connectivity index (χ3n) is 4.43. The number of aryl methyl sites for hydroxylation is 2. The molecule has 3 rings (SSSR count). The van der Waals surface area contributed by atoms with E-state index in [1.807, 2.05) is 25.6 Å². The molecule has 0 saturated heterocycles. The topological polar surface area (TPSA) is 90.5 Å². The molecule has 2 unspecified atom stereocenters. The van der Waals surface area contributed by atoms with Gasteiger partial charge in [-0.3, -0.25) is 4.79 Å². The molecule has 25 heavy (non-hydrogen) atoms. The summed E-state index contributed by atoms with van der Waals surface area (Å²) in [7, 11) is 1.85. The van der Waals surface area contributed by atoms with Crippen molar-refractivity contribution < 1.29 is 4.79 Å². The molecule has 0 radical (unpaired) electrons. The zero-order chi connectivity index (χ0) is 18.1. The monoisotopic (exact) mass is 341 g/mol. The summed E-state index contributed by atoms with van der Waals surface area (Å²) < 4.78 is 3.67. The standard InChI is InChI=1S/C17H23N7O/c1-6-11(3)24-16-14(8-19-24)13(7-10(2)20-16)17(25)21-12(4)15-22-18-9-23(15)5/h7-9,11-12H,6H2,1-5H3,(H,21,25). The lowest BCUT2D eigenvalue weighted by Gasteiger charge is -2.14. The van der Waals surface area contributed by atoms with Crippen LogP contribution in [0.2, 0.25) is 0 Å². The van der Waals surface area contributed by atoms with Crippen molar-refractivity contribution in [1.29, 1.82) is 0 Å². The van der Waals surface area contributed by atoms with Gasteiger partial charge in [-0.15, -0.1) is 10.2 Å². The number of carbonyl (C=O) groups is 1. The van der Waals surface area contributed by atoms with E-state index in [1.54, 1.807) is 23.2 Å². The summed E-state index contributed by atoms with van der Waals surface area (Å²) in [5.41, 5.74) is 2.10. The lowest BCUT2D eigenvalue weighted by atomic mass is 10.1. The van der Waals surface area contributed by atoms with E-state index in [0.717, 1.165) is 23.1 Å². The second-order valence-electron chi connectivity index (χ2n) is 6.39. The fourth-order valence-corrected chi connectivity index (χ4v) is 2.85. The SMILES string of the molecule is CCC(C)n1ncc2c(C(=O)NC(C)c3nncn3C)cc(C)nc21. The summed E-state index contributed by atoms with van der Waals surface area (Å²) in [6, 6.07) is 1.76. The number of pyridine rings is 1. The Morgan fingerprint density at radius 1 is 1.36 bits per heavy atom. The van der Waals surface area contributed by atoms with Crippen LogP contribution >= 0.6 is 0 Å². The van der Waals surface area contributed by atoms with E-state index in [-0.39, 0.29) is 18.0 Å². The number of nitrogens with one attached hydrogen (secondary N) is 1. The van der Waals surface area contributed by atoms with E-state index in [9.17, 15) is 4.79 Å². The van der Waals surface area contributed by atoms with E-state index in [1.165, 1.54) is 0 Å². The first-order valence-corrected chi connectivity index (χ1v) is 8.42. The van der Waals surface area contributed by atoms with Gasteiger partial charge in [0, 0.05) is 12.7 Å². The molecule has 0 fully saturated rings. The highest BCUT2D eigenvalue weighted by molar-refractivity contribution is 6.05. The van der Waals surface area contributed by atoms with Crippen LogP contribution in [0.3, 0.4) is 0 Å². The van der Waals surface area contributed by atoms with Gasteiger partial charge >= 0.3 is 0 Å². The number of amides is 1. The van der Waals surface area contributed by atoms with Gasteiger partial charge in [0.1, 0.15) is 6.33 Å². The van der Waals surface area contributed by atoms with Crippen LogP contribution < -0.4 is 5.32 Å². The fourth-order valence-electron chi connectivity index (χ4n) is 2.85. The number of aromatic nitrogens is 6. The average molecular weight is 341 g/mol. The average Bonchev–Trinajstić information content (AvgIpc) is 3.19. The minimum Gasteiger partial charge on any atom is -0.342 e. The van der Waals surface area contributed by atoms with Gasteiger partial charge in [0.15, 0.2) is 11.5 Å². The second kappa shape index (κ2) is 6.62. The molecule has 0 aromatic carbocycles. The Morgan fingerprint density at radius 3 is 2.76 bits per heavy atom. The minimum absolute atomic E-state index is 0.172. The number of fused-ring (bicyclic) bond motifs is 1. The molecule has 1 amide bonds. The van der Waals surface area contributed by atoms with Crippen molar-refractivity contribution >= 4 is 16.9 Å². The predicted molar refractivity (Wildman–Crippen MR) is 94.2 cm³/mol. The van der Waals surface area contributed by atoms with Crippen molar-refractivity contribution in [3.05, 3.63) is 35.7 Å². The summed E-state index contributed by atoms with van der Waals surface area (Å²) in [6.45, 7) is 7.96. The molecule has 2 atom stereocenters. The summed E-state index contributed by atoms with van der Waals surface area (Å²) in [6.07, 6.45) is 4.27. The summed E-state index contributed by atoms with van der Waals surface area (Å²) in [5, 5.41) is 16.1. The van der Waals surface area contributed by atoms with Crippen molar-refractivity contribution in [3.8, 4) is 0 Å². The van der Waals surface area contributed by atoms with Crippen LogP contribution in [0.1, 0.15) is 61.2 Å². The second-order valence-corrected chi connectivity index (χ2v) is 6.39. The molecule has 0 saturated carbocycles. The van der Waals surface area contributed by atoms with Gasteiger partial charge in [0.05, 0.1) is 29.2 Å². The number of hydrogen-bond acceptors (Lipinski definition) is 5. The lowest BCUT2D eigenvalue weighted by molar-refractivity contribution is 0.0939. The quantitative estimate of drug-likeness (QED) is 0.769. The smallest absolute Gasteiger partial charge is 0.252 e. The fraction of sp³-hybridized carbons (Fsp3) is 0.471. The van der Waals surface area contributed by atoms with Crippen LogP contribution in [-0.4, -0.2) is 35.4 Å². The van der Waals surface area contributed by atoms with E-state index in [2.05, 4.69) is 39.4 Å². The van der Waals surface area contributed by atoms with Crippen molar-refractivity contribution in [3.63, 3.8) is 0 Å². The highest BCUT2D eigenvalue weighted by atomic mass is 16.1. The molecule has 3 heterocycles. The Kier molecular flexibility index (Phi) is 4.52. The molecule has 0 bridgehead atoms. The Labute approximate surface area is 146 Å². The highest BCUT2D eigenvalue weighted by Crippen LogP contribution is 2.23.